The Balaban J connectivity index is 2.02. The van der Waals surface area contributed by atoms with E-state index in [9.17, 15) is 4.79 Å². The fourth-order valence-electron chi connectivity index (χ4n) is 3.15. The van der Waals surface area contributed by atoms with Crippen molar-refractivity contribution >= 4 is 11.7 Å². The zero-order valence-electron chi connectivity index (χ0n) is 13.6. The quantitative estimate of drug-likeness (QED) is 0.802. The van der Waals surface area contributed by atoms with Crippen LogP contribution in [0.5, 0.6) is 0 Å². The Kier molecular flexibility index (Phi) is 6.72. The Labute approximate surface area is 133 Å². The summed E-state index contributed by atoms with van der Waals surface area (Å²) in [7, 11) is 0. The fourth-order valence-corrected chi connectivity index (χ4v) is 3.15. The number of rotatable bonds is 8. The van der Waals surface area contributed by atoms with E-state index in [0.717, 1.165) is 19.5 Å². The maximum atomic E-state index is 11.0. The van der Waals surface area contributed by atoms with Crippen LogP contribution in [0, 0.1) is 0 Å². The smallest absolute Gasteiger partial charge is 0.305 e. The van der Waals surface area contributed by atoms with Crippen molar-refractivity contribution in [3.05, 3.63) is 29.8 Å². The molecule has 0 aromatic heterocycles. The van der Waals surface area contributed by atoms with Gasteiger partial charge in [-0.05, 0) is 44.0 Å². The Morgan fingerprint density at radius 3 is 2.59 bits per heavy atom. The van der Waals surface area contributed by atoms with Crippen LogP contribution >= 0.6 is 0 Å². The molecule has 122 valence electrons. The molecule has 0 atom stereocenters. The minimum atomic E-state index is -0.725. The first-order chi connectivity index (χ1) is 10.7. The number of hydrogen-bond acceptors (Lipinski definition) is 3. The summed E-state index contributed by atoms with van der Waals surface area (Å²) < 4.78 is 0. The van der Waals surface area contributed by atoms with Gasteiger partial charge in [0.15, 0.2) is 0 Å². The Hall–Kier alpha value is -1.55. The van der Waals surface area contributed by atoms with Crippen molar-refractivity contribution in [3.63, 3.8) is 0 Å². The van der Waals surface area contributed by atoms with E-state index in [1.165, 1.54) is 43.6 Å². The number of nitrogens with zero attached hydrogens (tertiary/aromatic N) is 2. The molecule has 0 spiro atoms. The van der Waals surface area contributed by atoms with E-state index in [0.29, 0.717) is 6.54 Å². The average Bonchev–Trinajstić information content (AvgIpc) is 2.55. The van der Waals surface area contributed by atoms with Crippen molar-refractivity contribution in [1.82, 2.24) is 4.90 Å². The lowest BCUT2D eigenvalue weighted by Crippen LogP contribution is -2.39. The van der Waals surface area contributed by atoms with E-state index < -0.39 is 5.97 Å². The van der Waals surface area contributed by atoms with Gasteiger partial charge in [-0.1, -0.05) is 31.5 Å². The number of carbonyl (C=O) groups is 1. The third-order valence-electron chi connectivity index (χ3n) is 4.44. The van der Waals surface area contributed by atoms with Crippen molar-refractivity contribution < 1.29 is 9.90 Å². The van der Waals surface area contributed by atoms with Crippen LogP contribution in [0.25, 0.3) is 0 Å². The number of para-hydroxylation sites is 1. The van der Waals surface area contributed by atoms with Gasteiger partial charge < -0.3 is 14.9 Å². The molecule has 1 fully saturated rings. The molecule has 0 unspecified atom stereocenters. The standard InChI is InChI=1S/C18H28N2O2/c1-2-16-8-4-5-9-17(16)20(13-10-18(21)22)15-14-19-11-6-3-7-12-19/h4-5,8-9H,2-3,6-7,10-15H2,1H3,(H,21,22). The molecule has 1 aromatic carbocycles. The SMILES string of the molecule is CCc1ccccc1N(CCC(=O)O)CCN1CCCCC1. The minimum absolute atomic E-state index is 0.193. The third kappa shape index (κ3) is 5.02. The number of carboxylic acid groups (broad SMARTS) is 1. The predicted molar refractivity (Wildman–Crippen MR) is 90.6 cm³/mol. The highest BCUT2D eigenvalue weighted by molar-refractivity contribution is 5.68. The summed E-state index contributed by atoms with van der Waals surface area (Å²) in [6.45, 7) is 7.03. The Morgan fingerprint density at radius 2 is 1.91 bits per heavy atom. The number of carboxylic acids is 1. The van der Waals surface area contributed by atoms with Gasteiger partial charge in [-0.3, -0.25) is 4.79 Å². The number of piperidine rings is 1. The van der Waals surface area contributed by atoms with Crippen LogP contribution in [0.2, 0.25) is 0 Å². The summed E-state index contributed by atoms with van der Waals surface area (Å²) in [5, 5.41) is 9.02. The first kappa shape index (κ1) is 16.8. The number of aliphatic carboxylic acids is 1. The molecule has 0 radical (unpaired) electrons. The van der Waals surface area contributed by atoms with E-state index in [4.69, 9.17) is 5.11 Å². The van der Waals surface area contributed by atoms with Crippen LogP contribution in [0.4, 0.5) is 5.69 Å². The van der Waals surface area contributed by atoms with E-state index in [1.807, 2.05) is 6.07 Å². The lowest BCUT2D eigenvalue weighted by atomic mass is 10.1. The van der Waals surface area contributed by atoms with Crippen molar-refractivity contribution in [2.45, 2.75) is 39.0 Å². The largest absolute Gasteiger partial charge is 0.481 e. The van der Waals surface area contributed by atoms with Gasteiger partial charge in [0.1, 0.15) is 0 Å². The molecule has 1 saturated heterocycles. The molecule has 1 aliphatic rings. The summed E-state index contributed by atoms with van der Waals surface area (Å²) in [6.07, 6.45) is 5.10. The van der Waals surface area contributed by atoms with Crippen molar-refractivity contribution in [2.75, 3.05) is 37.6 Å². The normalized spacial score (nSPS) is 15.7. The summed E-state index contributed by atoms with van der Waals surface area (Å²) in [4.78, 5) is 15.7. The lowest BCUT2D eigenvalue weighted by molar-refractivity contribution is -0.136. The van der Waals surface area contributed by atoms with Gasteiger partial charge in [0.2, 0.25) is 0 Å². The fraction of sp³-hybridized carbons (Fsp3) is 0.611. The highest BCUT2D eigenvalue weighted by Crippen LogP contribution is 2.21. The van der Waals surface area contributed by atoms with E-state index in [2.05, 4.69) is 34.9 Å². The van der Waals surface area contributed by atoms with Crippen molar-refractivity contribution in [2.24, 2.45) is 0 Å². The number of anilines is 1. The highest BCUT2D eigenvalue weighted by atomic mass is 16.4. The number of aryl methyl sites for hydroxylation is 1. The second-order valence-electron chi connectivity index (χ2n) is 6.02. The molecule has 2 rings (SSSR count). The first-order valence-corrected chi connectivity index (χ1v) is 8.47. The van der Waals surface area contributed by atoms with Gasteiger partial charge in [-0.2, -0.15) is 0 Å². The first-order valence-electron chi connectivity index (χ1n) is 8.47. The van der Waals surface area contributed by atoms with E-state index in [1.54, 1.807) is 0 Å². The second-order valence-corrected chi connectivity index (χ2v) is 6.02. The van der Waals surface area contributed by atoms with Gasteiger partial charge >= 0.3 is 5.97 Å². The Morgan fingerprint density at radius 1 is 1.18 bits per heavy atom. The summed E-state index contributed by atoms with van der Waals surface area (Å²) in [5.41, 5.74) is 2.50. The van der Waals surface area contributed by atoms with Crippen LogP contribution < -0.4 is 4.90 Å². The maximum Gasteiger partial charge on any atom is 0.305 e. The topological polar surface area (TPSA) is 43.8 Å². The van der Waals surface area contributed by atoms with Crippen LogP contribution in [0.15, 0.2) is 24.3 Å². The van der Waals surface area contributed by atoms with E-state index in [-0.39, 0.29) is 6.42 Å². The summed E-state index contributed by atoms with van der Waals surface area (Å²) in [6, 6.07) is 8.37. The minimum Gasteiger partial charge on any atom is -0.481 e. The van der Waals surface area contributed by atoms with Crippen LogP contribution in [-0.4, -0.2) is 48.7 Å². The second kappa shape index (κ2) is 8.79. The molecular formula is C18H28N2O2. The molecule has 0 bridgehead atoms. The maximum absolute atomic E-state index is 11.0. The molecule has 4 heteroatoms. The molecular weight excluding hydrogens is 276 g/mol. The van der Waals surface area contributed by atoms with Crippen LogP contribution in [0.3, 0.4) is 0 Å². The molecule has 4 nitrogen and oxygen atoms in total. The molecule has 0 amide bonds. The predicted octanol–water partition coefficient (Wildman–Crippen LogP) is 3.02. The number of hydrogen-bond donors (Lipinski definition) is 1. The Bertz CT molecular complexity index is 470. The van der Waals surface area contributed by atoms with Crippen molar-refractivity contribution in [1.29, 1.82) is 0 Å². The van der Waals surface area contributed by atoms with Gasteiger partial charge in [-0.25, -0.2) is 0 Å². The van der Waals surface area contributed by atoms with Gasteiger partial charge in [0, 0.05) is 25.3 Å². The van der Waals surface area contributed by atoms with Crippen LogP contribution in [0.1, 0.15) is 38.2 Å². The van der Waals surface area contributed by atoms with E-state index >= 15 is 0 Å². The number of likely N-dealkylation sites (tertiary alicyclic amines) is 1. The monoisotopic (exact) mass is 304 g/mol. The van der Waals surface area contributed by atoms with Crippen LogP contribution in [-0.2, 0) is 11.2 Å². The molecule has 0 saturated carbocycles. The highest BCUT2D eigenvalue weighted by Gasteiger charge is 2.15. The van der Waals surface area contributed by atoms with Gasteiger partial charge in [-0.15, -0.1) is 0 Å². The molecule has 1 heterocycles. The van der Waals surface area contributed by atoms with Gasteiger partial charge in [0.25, 0.3) is 0 Å². The lowest BCUT2D eigenvalue weighted by Gasteiger charge is -2.32. The summed E-state index contributed by atoms with van der Waals surface area (Å²) >= 11 is 0. The molecule has 1 aliphatic heterocycles. The molecule has 22 heavy (non-hydrogen) atoms. The average molecular weight is 304 g/mol. The third-order valence-corrected chi connectivity index (χ3v) is 4.44. The molecule has 1 N–H and O–H groups in total. The van der Waals surface area contributed by atoms with Gasteiger partial charge in [0.05, 0.1) is 6.42 Å². The molecule has 1 aromatic rings. The zero-order chi connectivity index (χ0) is 15.8. The van der Waals surface area contributed by atoms with Crippen molar-refractivity contribution in [3.8, 4) is 0 Å². The summed E-state index contributed by atoms with van der Waals surface area (Å²) in [5.74, 6) is -0.725. The number of benzene rings is 1. The zero-order valence-corrected chi connectivity index (χ0v) is 13.6. The molecule has 0 aliphatic carbocycles.